The van der Waals surface area contributed by atoms with Gasteiger partial charge in [-0.2, -0.15) is 0 Å². The van der Waals surface area contributed by atoms with Crippen molar-refractivity contribution in [3.05, 3.63) is 157 Å². The largest absolute Gasteiger partial charge is 0.456 e. The lowest BCUT2D eigenvalue weighted by atomic mass is 9.80. The summed E-state index contributed by atoms with van der Waals surface area (Å²) in [5, 5.41) is 7.24. The van der Waals surface area contributed by atoms with Gasteiger partial charge in [0.2, 0.25) is 0 Å². The maximum Gasteiger partial charge on any atom is 0.135 e. The first-order valence-electron chi connectivity index (χ1n) is 17.0. The highest BCUT2D eigenvalue weighted by atomic mass is 16.5. The third kappa shape index (κ3) is 3.66. The van der Waals surface area contributed by atoms with Crippen LogP contribution in [0.4, 0.5) is 0 Å². The van der Waals surface area contributed by atoms with Crippen LogP contribution >= 0.6 is 0 Å². The van der Waals surface area contributed by atoms with Gasteiger partial charge < -0.3 is 9.15 Å². The Morgan fingerprint density at radius 1 is 0.408 bits per heavy atom. The Bertz CT molecular complexity index is 2880. The van der Waals surface area contributed by atoms with Crippen LogP contribution in [0, 0.1) is 0 Å². The summed E-state index contributed by atoms with van der Waals surface area (Å²) in [5.74, 6) is 1.84. The van der Waals surface area contributed by atoms with Crippen LogP contribution in [0.1, 0.15) is 25.0 Å². The van der Waals surface area contributed by atoms with Crippen LogP contribution in [-0.4, -0.2) is 0 Å². The van der Waals surface area contributed by atoms with E-state index >= 15 is 0 Å². The average molecular weight is 627 g/mol. The highest BCUT2D eigenvalue weighted by Crippen LogP contribution is 2.53. The van der Waals surface area contributed by atoms with Gasteiger partial charge in [-0.15, -0.1) is 0 Å². The summed E-state index contributed by atoms with van der Waals surface area (Å²) in [4.78, 5) is 0. The third-order valence-electron chi connectivity index (χ3n) is 11.1. The SMILES string of the molecule is CC1(C)c2cc(-c3ccc4c5c(cccc35)-c3ccccc3O4)ccc2-c2cc3c(-c4ccc5oc6ccccc6c5c4)cccc3cc21. The number of fused-ring (bicyclic) bond motifs is 9. The topological polar surface area (TPSA) is 22.4 Å². The van der Waals surface area contributed by atoms with Crippen LogP contribution in [0.25, 0.3) is 88.0 Å². The van der Waals surface area contributed by atoms with Crippen molar-refractivity contribution < 1.29 is 9.15 Å². The van der Waals surface area contributed by atoms with Crippen molar-refractivity contribution in [2.75, 3.05) is 0 Å². The van der Waals surface area contributed by atoms with Crippen molar-refractivity contribution in [1.29, 1.82) is 0 Å². The number of para-hydroxylation sites is 2. The molecule has 0 saturated heterocycles. The molecule has 0 radical (unpaired) electrons. The first kappa shape index (κ1) is 26.9. The molecule has 8 aromatic carbocycles. The molecule has 0 amide bonds. The normalized spacial score (nSPS) is 13.8. The lowest BCUT2D eigenvalue weighted by molar-refractivity contribution is 0.487. The van der Waals surface area contributed by atoms with Gasteiger partial charge in [-0.1, -0.05) is 111 Å². The van der Waals surface area contributed by atoms with Gasteiger partial charge in [-0.05, 0) is 115 Å². The molecular formula is C47H30O2. The lowest BCUT2D eigenvalue weighted by Gasteiger charge is -2.24. The number of ether oxygens (including phenoxy) is 1. The molecule has 0 atom stereocenters. The van der Waals surface area contributed by atoms with E-state index in [4.69, 9.17) is 9.15 Å². The van der Waals surface area contributed by atoms with E-state index in [1.807, 2.05) is 18.2 Å². The fraction of sp³-hybridized carbons (Fsp3) is 0.0638. The number of rotatable bonds is 2. The van der Waals surface area contributed by atoms with Gasteiger partial charge in [-0.25, -0.2) is 0 Å². The molecule has 0 spiro atoms. The fourth-order valence-corrected chi connectivity index (χ4v) is 8.65. The van der Waals surface area contributed by atoms with Crippen molar-refractivity contribution in [2.45, 2.75) is 19.3 Å². The molecule has 1 aromatic heterocycles. The Balaban J connectivity index is 1.07. The quantitative estimate of drug-likeness (QED) is 0.190. The summed E-state index contributed by atoms with van der Waals surface area (Å²) in [6, 6.07) is 52.9. The maximum atomic E-state index is 6.40. The molecule has 230 valence electrons. The minimum absolute atomic E-state index is 0.145. The van der Waals surface area contributed by atoms with Gasteiger partial charge in [0, 0.05) is 27.1 Å². The van der Waals surface area contributed by atoms with Crippen LogP contribution < -0.4 is 4.74 Å². The molecule has 0 saturated carbocycles. The Labute approximate surface area is 283 Å². The Kier molecular flexibility index (Phi) is 5.21. The lowest BCUT2D eigenvalue weighted by Crippen LogP contribution is -2.15. The van der Waals surface area contributed by atoms with Crippen LogP contribution in [0.5, 0.6) is 11.5 Å². The zero-order valence-electron chi connectivity index (χ0n) is 27.2. The molecule has 0 N–H and O–H groups in total. The van der Waals surface area contributed by atoms with Crippen molar-refractivity contribution in [1.82, 2.24) is 0 Å². The molecule has 0 bridgehead atoms. The van der Waals surface area contributed by atoms with Gasteiger partial charge in [0.05, 0.1) is 0 Å². The summed E-state index contributed by atoms with van der Waals surface area (Å²) in [7, 11) is 0. The van der Waals surface area contributed by atoms with Crippen molar-refractivity contribution in [3.8, 4) is 56.0 Å². The van der Waals surface area contributed by atoms with Gasteiger partial charge in [-0.3, -0.25) is 0 Å². The molecule has 49 heavy (non-hydrogen) atoms. The Hall–Kier alpha value is -6.12. The van der Waals surface area contributed by atoms with E-state index in [0.29, 0.717) is 0 Å². The minimum atomic E-state index is -0.145. The Morgan fingerprint density at radius 2 is 1.10 bits per heavy atom. The van der Waals surface area contributed by atoms with Crippen LogP contribution in [0.3, 0.4) is 0 Å². The number of hydrogen-bond acceptors (Lipinski definition) is 2. The molecule has 2 nitrogen and oxygen atoms in total. The molecule has 11 rings (SSSR count). The zero-order valence-corrected chi connectivity index (χ0v) is 27.2. The predicted molar refractivity (Wildman–Crippen MR) is 203 cm³/mol. The van der Waals surface area contributed by atoms with Gasteiger partial charge in [0.1, 0.15) is 22.7 Å². The molecule has 1 aliphatic heterocycles. The molecular weight excluding hydrogens is 597 g/mol. The summed E-state index contributed by atoms with van der Waals surface area (Å²) in [6.07, 6.45) is 0. The van der Waals surface area contributed by atoms with E-state index in [1.165, 1.54) is 71.6 Å². The smallest absolute Gasteiger partial charge is 0.135 e. The number of benzene rings is 8. The summed E-state index contributed by atoms with van der Waals surface area (Å²) < 4.78 is 12.5. The highest BCUT2D eigenvalue weighted by molar-refractivity contribution is 6.11. The van der Waals surface area contributed by atoms with Gasteiger partial charge >= 0.3 is 0 Å². The van der Waals surface area contributed by atoms with Gasteiger partial charge in [0.15, 0.2) is 0 Å². The predicted octanol–water partition coefficient (Wildman–Crippen LogP) is 13.3. The molecule has 9 aromatic rings. The fourth-order valence-electron chi connectivity index (χ4n) is 8.65. The first-order valence-corrected chi connectivity index (χ1v) is 17.0. The van der Waals surface area contributed by atoms with E-state index in [0.717, 1.165) is 39.0 Å². The molecule has 2 aliphatic rings. The molecule has 0 unspecified atom stereocenters. The molecule has 1 aliphatic carbocycles. The van der Waals surface area contributed by atoms with E-state index in [1.54, 1.807) is 0 Å². The van der Waals surface area contributed by atoms with Crippen LogP contribution in [0.15, 0.2) is 150 Å². The van der Waals surface area contributed by atoms with E-state index in [2.05, 4.69) is 141 Å². The Morgan fingerprint density at radius 3 is 2.06 bits per heavy atom. The van der Waals surface area contributed by atoms with Crippen molar-refractivity contribution in [2.24, 2.45) is 0 Å². The maximum absolute atomic E-state index is 6.40. The standard InChI is InChI=1S/C47H30O2/c1-47(2)40-25-29(31-20-22-45-46-35(31)13-8-14-36(46)33-10-3-5-15-42(33)49-45)17-19-32(40)38-26-37-27(24-41(38)47)9-7-12-30(37)28-18-21-44-39(23-28)34-11-4-6-16-43(34)48-44/h3-26H,1-2H3. The van der Waals surface area contributed by atoms with Crippen LogP contribution in [-0.2, 0) is 5.41 Å². The third-order valence-corrected chi connectivity index (χ3v) is 11.1. The second-order valence-corrected chi connectivity index (χ2v) is 14.1. The molecule has 2 heterocycles. The van der Waals surface area contributed by atoms with E-state index in [9.17, 15) is 0 Å². The highest BCUT2D eigenvalue weighted by Gasteiger charge is 2.36. The van der Waals surface area contributed by atoms with E-state index < -0.39 is 0 Å². The monoisotopic (exact) mass is 626 g/mol. The first-order chi connectivity index (χ1) is 24.0. The average Bonchev–Trinajstić information content (AvgIpc) is 3.62. The summed E-state index contributed by atoms with van der Waals surface area (Å²) >= 11 is 0. The van der Waals surface area contributed by atoms with Crippen LogP contribution in [0.2, 0.25) is 0 Å². The number of hydrogen-bond donors (Lipinski definition) is 0. The molecule has 2 heteroatoms. The minimum Gasteiger partial charge on any atom is -0.456 e. The van der Waals surface area contributed by atoms with Gasteiger partial charge in [0.25, 0.3) is 0 Å². The summed E-state index contributed by atoms with van der Waals surface area (Å²) in [6.45, 7) is 4.75. The van der Waals surface area contributed by atoms with Crippen molar-refractivity contribution in [3.63, 3.8) is 0 Å². The second-order valence-electron chi connectivity index (χ2n) is 14.1. The number of furan rings is 1. The zero-order chi connectivity index (χ0) is 32.4. The second kappa shape index (κ2) is 9.49. The van der Waals surface area contributed by atoms with E-state index in [-0.39, 0.29) is 5.41 Å². The molecule has 0 fully saturated rings. The van der Waals surface area contributed by atoms with Crippen molar-refractivity contribution >= 4 is 43.5 Å². The summed E-state index contributed by atoms with van der Waals surface area (Å²) in [5.41, 5.74) is 14.4.